The summed E-state index contributed by atoms with van der Waals surface area (Å²) in [4.78, 5) is 33.1. The van der Waals surface area contributed by atoms with Crippen LogP contribution in [0.1, 0.15) is 31.7 Å². The highest BCUT2D eigenvalue weighted by Gasteiger charge is 2.24. The molecular weight excluding hydrogens is 284 g/mol. The molecule has 7 nitrogen and oxygen atoms in total. The van der Waals surface area contributed by atoms with Crippen LogP contribution in [-0.2, 0) is 16.0 Å². The van der Waals surface area contributed by atoms with Crippen LogP contribution < -0.4 is 5.32 Å². The van der Waals surface area contributed by atoms with E-state index in [0.29, 0.717) is 32.5 Å². The largest absolute Gasteiger partial charge is 0.450 e. The molecule has 7 heteroatoms. The van der Waals surface area contributed by atoms with Gasteiger partial charge in [-0.25, -0.2) is 14.8 Å². The number of aryl methyl sites for hydroxylation is 1. The highest BCUT2D eigenvalue weighted by atomic mass is 16.6. The Morgan fingerprint density at radius 1 is 1.32 bits per heavy atom. The van der Waals surface area contributed by atoms with Gasteiger partial charge in [-0.05, 0) is 31.7 Å². The van der Waals surface area contributed by atoms with Gasteiger partial charge in [-0.15, -0.1) is 0 Å². The topological polar surface area (TPSA) is 84.4 Å². The lowest BCUT2D eigenvalue weighted by atomic mass is 10.0. The minimum absolute atomic E-state index is 0.0263. The molecule has 2 heterocycles. The first kappa shape index (κ1) is 16.2. The zero-order chi connectivity index (χ0) is 15.8. The Labute approximate surface area is 130 Å². The number of amides is 2. The minimum atomic E-state index is -0.267. The van der Waals surface area contributed by atoms with Gasteiger partial charge in [0.15, 0.2) is 0 Å². The Bertz CT molecular complexity index is 487. The average Bonchev–Trinajstić information content (AvgIpc) is 2.55. The fourth-order valence-electron chi connectivity index (χ4n) is 2.44. The van der Waals surface area contributed by atoms with Crippen molar-refractivity contribution in [2.75, 3.05) is 19.7 Å². The van der Waals surface area contributed by atoms with Gasteiger partial charge in [-0.3, -0.25) is 4.79 Å². The minimum Gasteiger partial charge on any atom is -0.450 e. The molecule has 0 spiro atoms. The number of carbonyl (C=O) groups is 2. The predicted molar refractivity (Wildman–Crippen MR) is 80.1 cm³/mol. The molecule has 0 radical (unpaired) electrons. The third-order valence-electron chi connectivity index (χ3n) is 3.64. The van der Waals surface area contributed by atoms with Crippen LogP contribution in [0.3, 0.4) is 0 Å². The third kappa shape index (κ3) is 4.98. The monoisotopic (exact) mass is 306 g/mol. The number of likely N-dealkylation sites (tertiary alicyclic amines) is 1. The summed E-state index contributed by atoms with van der Waals surface area (Å²) in [7, 11) is 0. The molecule has 0 atom stereocenters. The van der Waals surface area contributed by atoms with Crippen LogP contribution in [0.5, 0.6) is 0 Å². The zero-order valence-electron chi connectivity index (χ0n) is 12.8. The smallest absolute Gasteiger partial charge is 0.409 e. The molecular formula is C15H22N4O3. The van der Waals surface area contributed by atoms with E-state index in [-0.39, 0.29) is 18.0 Å². The molecule has 0 aliphatic carbocycles. The summed E-state index contributed by atoms with van der Waals surface area (Å²) in [5, 5.41) is 3.02. The maximum absolute atomic E-state index is 11.9. The number of piperidine rings is 1. The molecule has 120 valence electrons. The molecule has 1 aromatic rings. The van der Waals surface area contributed by atoms with Crippen LogP contribution in [0.25, 0.3) is 0 Å². The van der Waals surface area contributed by atoms with Crippen molar-refractivity contribution >= 4 is 12.0 Å². The molecule has 1 fully saturated rings. The molecule has 2 rings (SSSR count). The molecule has 22 heavy (non-hydrogen) atoms. The Morgan fingerprint density at radius 3 is 2.64 bits per heavy atom. The number of nitrogens with zero attached hydrogens (tertiary/aromatic N) is 3. The molecule has 1 saturated heterocycles. The van der Waals surface area contributed by atoms with E-state index in [4.69, 9.17) is 4.74 Å². The van der Waals surface area contributed by atoms with Crippen LogP contribution in [0, 0.1) is 0 Å². The van der Waals surface area contributed by atoms with Crippen LogP contribution >= 0.6 is 0 Å². The molecule has 0 unspecified atom stereocenters. The van der Waals surface area contributed by atoms with Crippen molar-refractivity contribution in [2.45, 2.75) is 38.6 Å². The number of rotatable bonds is 5. The van der Waals surface area contributed by atoms with Crippen LogP contribution in [-0.4, -0.2) is 52.6 Å². The molecule has 1 N–H and O–H groups in total. The van der Waals surface area contributed by atoms with Crippen LogP contribution in [0.4, 0.5) is 4.79 Å². The van der Waals surface area contributed by atoms with Crippen molar-refractivity contribution in [3.05, 3.63) is 24.3 Å². The van der Waals surface area contributed by atoms with Crippen LogP contribution in [0.2, 0.25) is 0 Å². The van der Waals surface area contributed by atoms with Gasteiger partial charge in [0.05, 0.1) is 6.61 Å². The number of ether oxygens (including phenoxy) is 1. The number of carbonyl (C=O) groups excluding carboxylic acids is 2. The Hall–Kier alpha value is -2.18. The van der Waals surface area contributed by atoms with Gasteiger partial charge in [0.25, 0.3) is 0 Å². The van der Waals surface area contributed by atoms with Gasteiger partial charge >= 0.3 is 6.09 Å². The molecule has 0 saturated carbocycles. The number of hydrogen-bond acceptors (Lipinski definition) is 5. The van der Waals surface area contributed by atoms with Crippen molar-refractivity contribution in [1.29, 1.82) is 0 Å². The summed E-state index contributed by atoms with van der Waals surface area (Å²) in [6.45, 7) is 3.42. The van der Waals surface area contributed by atoms with E-state index in [1.165, 1.54) is 6.33 Å². The second kappa shape index (κ2) is 8.31. The summed E-state index contributed by atoms with van der Waals surface area (Å²) < 4.78 is 4.97. The maximum atomic E-state index is 11.9. The molecule has 2 amide bonds. The molecule has 1 aliphatic rings. The van der Waals surface area contributed by atoms with Gasteiger partial charge in [0, 0.05) is 37.9 Å². The van der Waals surface area contributed by atoms with E-state index in [2.05, 4.69) is 15.3 Å². The zero-order valence-corrected chi connectivity index (χ0v) is 12.8. The fraction of sp³-hybridized carbons (Fsp3) is 0.600. The van der Waals surface area contributed by atoms with Crippen molar-refractivity contribution in [1.82, 2.24) is 20.2 Å². The summed E-state index contributed by atoms with van der Waals surface area (Å²) >= 11 is 0. The van der Waals surface area contributed by atoms with E-state index in [9.17, 15) is 9.59 Å². The number of hydrogen-bond donors (Lipinski definition) is 1. The van der Waals surface area contributed by atoms with E-state index in [1.54, 1.807) is 24.2 Å². The lowest BCUT2D eigenvalue weighted by molar-refractivity contribution is -0.122. The van der Waals surface area contributed by atoms with Crippen molar-refractivity contribution in [3.63, 3.8) is 0 Å². The SMILES string of the molecule is CCOC(=O)N1CCC(NC(=O)CCc2cncnc2)CC1. The van der Waals surface area contributed by atoms with Gasteiger partial charge in [0.2, 0.25) is 5.91 Å². The highest BCUT2D eigenvalue weighted by molar-refractivity contribution is 5.76. The normalized spacial score (nSPS) is 15.4. The molecule has 0 bridgehead atoms. The van der Waals surface area contributed by atoms with E-state index >= 15 is 0 Å². The first-order valence-corrected chi connectivity index (χ1v) is 7.64. The third-order valence-corrected chi connectivity index (χ3v) is 3.64. The second-order valence-corrected chi connectivity index (χ2v) is 5.27. The van der Waals surface area contributed by atoms with E-state index in [0.717, 1.165) is 18.4 Å². The Kier molecular flexibility index (Phi) is 6.12. The van der Waals surface area contributed by atoms with E-state index in [1.807, 2.05) is 0 Å². The molecule has 1 aromatic heterocycles. The van der Waals surface area contributed by atoms with Crippen LogP contribution in [0.15, 0.2) is 18.7 Å². The molecule has 0 aromatic carbocycles. The van der Waals surface area contributed by atoms with Gasteiger partial charge < -0.3 is 15.0 Å². The maximum Gasteiger partial charge on any atom is 0.409 e. The lowest BCUT2D eigenvalue weighted by Gasteiger charge is -2.31. The first-order valence-electron chi connectivity index (χ1n) is 7.64. The van der Waals surface area contributed by atoms with Gasteiger partial charge in [0.1, 0.15) is 6.33 Å². The quantitative estimate of drug-likeness (QED) is 0.882. The van der Waals surface area contributed by atoms with E-state index < -0.39 is 0 Å². The fourth-order valence-corrected chi connectivity index (χ4v) is 2.44. The highest BCUT2D eigenvalue weighted by Crippen LogP contribution is 2.12. The molecule has 1 aliphatic heterocycles. The second-order valence-electron chi connectivity index (χ2n) is 5.27. The van der Waals surface area contributed by atoms with Gasteiger partial charge in [-0.2, -0.15) is 0 Å². The Balaban J connectivity index is 1.67. The lowest BCUT2D eigenvalue weighted by Crippen LogP contribution is -2.46. The summed E-state index contributed by atoms with van der Waals surface area (Å²) in [6, 6.07) is 0.130. The van der Waals surface area contributed by atoms with Crippen molar-refractivity contribution in [3.8, 4) is 0 Å². The standard InChI is InChI=1S/C15H22N4O3/c1-2-22-15(21)19-7-5-13(6-8-19)18-14(20)4-3-12-9-16-11-17-10-12/h9-11,13H,2-8H2,1H3,(H,18,20). The first-order chi connectivity index (χ1) is 10.7. The Morgan fingerprint density at radius 2 is 2.00 bits per heavy atom. The number of aromatic nitrogens is 2. The number of nitrogens with one attached hydrogen (secondary N) is 1. The summed E-state index contributed by atoms with van der Waals surface area (Å²) in [5.74, 6) is 0.0263. The van der Waals surface area contributed by atoms with Crippen molar-refractivity contribution in [2.24, 2.45) is 0 Å². The summed E-state index contributed by atoms with van der Waals surface area (Å²) in [5.41, 5.74) is 0.954. The van der Waals surface area contributed by atoms with Crippen molar-refractivity contribution < 1.29 is 14.3 Å². The summed E-state index contributed by atoms with van der Waals surface area (Å²) in [6.07, 6.45) is 7.23. The van der Waals surface area contributed by atoms with Gasteiger partial charge in [-0.1, -0.05) is 0 Å². The average molecular weight is 306 g/mol. The predicted octanol–water partition coefficient (Wildman–Crippen LogP) is 1.15.